The summed E-state index contributed by atoms with van der Waals surface area (Å²) in [5.41, 5.74) is 10.8. The largest absolute Gasteiger partial charge is 0.370 e. The predicted octanol–water partition coefficient (Wildman–Crippen LogP) is 0.784. The van der Waals surface area contributed by atoms with Gasteiger partial charge < -0.3 is 11.5 Å². The molecule has 0 heterocycles. The van der Waals surface area contributed by atoms with Crippen LogP contribution in [0.3, 0.4) is 0 Å². The minimum Gasteiger partial charge on any atom is -0.370 e. The van der Waals surface area contributed by atoms with E-state index < -0.39 is 17.7 Å². The minimum absolute atomic E-state index is 0.102. The minimum atomic E-state index is -0.707. The van der Waals surface area contributed by atoms with E-state index in [0.29, 0.717) is 10.6 Å². The van der Waals surface area contributed by atoms with Crippen molar-refractivity contribution in [3.05, 3.63) is 34.9 Å². The van der Waals surface area contributed by atoms with Crippen LogP contribution in [0, 0.1) is 0 Å². The number of amides is 2. The Morgan fingerprint density at radius 3 is 2.47 bits per heavy atom. The monoisotopic (exact) mass is 226 g/mol. The first-order chi connectivity index (χ1) is 7.00. The number of rotatable bonds is 4. The molecule has 0 aliphatic heterocycles. The molecule has 1 rings (SSSR count). The first-order valence-electron chi connectivity index (χ1n) is 4.34. The van der Waals surface area contributed by atoms with Crippen molar-refractivity contribution >= 4 is 23.4 Å². The smallest absolute Gasteiger partial charge is 0.225 e. The number of carbonyl (C=O) groups is 2. The highest BCUT2D eigenvalue weighted by molar-refractivity contribution is 6.30. The lowest BCUT2D eigenvalue weighted by Crippen LogP contribution is -2.26. The second kappa shape index (κ2) is 4.79. The summed E-state index contributed by atoms with van der Waals surface area (Å²) < 4.78 is 0. The van der Waals surface area contributed by atoms with Crippen LogP contribution in [-0.4, -0.2) is 11.8 Å². The fraction of sp³-hybridized carbons (Fsp3) is 0.200. The topological polar surface area (TPSA) is 86.2 Å². The Bertz CT molecular complexity index is 393. The number of hydrogen-bond acceptors (Lipinski definition) is 2. The molecule has 4 nitrogen and oxygen atoms in total. The Kier molecular flexibility index (Phi) is 3.68. The van der Waals surface area contributed by atoms with Gasteiger partial charge in [-0.1, -0.05) is 23.7 Å². The van der Waals surface area contributed by atoms with Gasteiger partial charge >= 0.3 is 0 Å². The van der Waals surface area contributed by atoms with Gasteiger partial charge in [0.05, 0.1) is 5.92 Å². The molecule has 80 valence electrons. The van der Waals surface area contributed by atoms with Crippen molar-refractivity contribution < 1.29 is 9.59 Å². The lowest BCUT2D eigenvalue weighted by Gasteiger charge is -2.11. The molecular formula is C10H11ClN2O2. The molecule has 1 aromatic rings. The van der Waals surface area contributed by atoms with Gasteiger partial charge in [-0.3, -0.25) is 9.59 Å². The molecule has 0 saturated carbocycles. The summed E-state index contributed by atoms with van der Waals surface area (Å²) in [7, 11) is 0. The standard InChI is InChI=1S/C10H11ClN2O2/c11-7-3-1-2-6(4-7)8(10(13)15)5-9(12)14/h1-4,8H,5H2,(H2,12,14)(H2,13,15)/t8-/m0/s1. The number of nitrogens with two attached hydrogens (primary N) is 2. The van der Waals surface area contributed by atoms with E-state index in [-0.39, 0.29) is 6.42 Å². The van der Waals surface area contributed by atoms with Gasteiger partial charge in [0, 0.05) is 11.4 Å². The van der Waals surface area contributed by atoms with E-state index in [4.69, 9.17) is 23.1 Å². The highest BCUT2D eigenvalue weighted by Gasteiger charge is 2.20. The van der Waals surface area contributed by atoms with Crippen LogP contribution in [0.2, 0.25) is 5.02 Å². The summed E-state index contributed by atoms with van der Waals surface area (Å²) in [6.07, 6.45) is -0.102. The number of benzene rings is 1. The maximum atomic E-state index is 11.1. The van der Waals surface area contributed by atoms with Crippen molar-refractivity contribution in [3.63, 3.8) is 0 Å². The van der Waals surface area contributed by atoms with Crippen LogP contribution in [-0.2, 0) is 9.59 Å². The quantitative estimate of drug-likeness (QED) is 0.795. The molecule has 5 heteroatoms. The maximum Gasteiger partial charge on any atom is 0.225 e. The van der Waals surface area contributed by atoms with Crippen LogP contribution in [0.5, 0.6) is 0 Å². The van der Waals surface area contributed by atoms with Crippen molar-refractivity contribution in [2.75, 3.05) is 0 Å². The third-order valence-electron chi connectivity index (χ3n) is 2.00. The van der Waals surface area contributed by atoms with Gasteiger partial charge in [-0.05, 0) is 17.7 Å². The van der Waals surface area contributed by atoms with Crippen molar-refractivity contribution in [2.24, 2.45) is 11.5 Å². The molecule has 0 bridgehead atoms. The molecule has 4 N–H and O–H groups in total. The third kappa shape index (κ3) is 3.25. The van der Waals surface area contributed by atoms with E-state index in [1.54, 1.807) is 24.3 Å². The van der Waals surface area contributed by atoms with Gasteiger partial charge in [-0.15, -0.1) is 0 Å². The number of halogens is 1. The second-order valence-corrected chi connectivity index (χ2v) is 3.62. The molecule has 1 aromatic carbocycles. The molecule has 0 spiro atoms. The van der Waals surface area contributed by atoms with Crippen LogP contribution >= 0.6 is 11.6 Å². The lowest BCUT2D eigenvalue weighted by atomic mass is 9.95. The first kappa shape index (κ1) is 11.5. The van der Waals surface area contributed by atoms with Crippen LogP contribution < -0.4 is 11.5 Å². The average Bonchev–Trinajstić information content (AvgIpc) is 2.13. The number of hydrogen-bond donors (Lipinski definition) is 2. The van der Waals surface area contributed by atoms with Gasteiger partial charge in [0.15, 0.2) is 0 Å². The first-order valence-corrected chi connectivity index (χ1v) is 4.71. The van der Waals surface area contributed by atoms with Crippen molar-refractivity contribution in [1.82, 2.24) is 0 Å². The van der Waals surface area contributed by atoms with E-state index in [9.17, 15) is 9.59 Å². The molecule has 1 atom stereocenters. The Hall–Kier alpha value is -1.55. The Morgan fingerprint density at radius 2 is 2.00 bits per heavy atom. The van der Waals surface area contributed by atoms with E-state index in [1.807, 2.05) is 0 Å². The molecule has 0 fully saturated rings. The fourth-order valence-electron chi connectivity index (χ4n) is 1.31. The van der Waals surface area contributed by atoms with Crippen LogP contribution in [0.4, 0.5) is 0 Å². The summed E-state index contributed by atoms with van der Waals surface area (Å²) in [6.45, 7) is 0. The maximum absolute atomic E-state index is 11.1. The molecule has 0 aromatic heterocycles. The highest BCUT2D eigenvalue weighted by Crippen LogP contribution is 2.22. The second-order valence-electron chi connectivity index (χ2n) is 3.18. The van der Waals surface area contributed by atoms with E-state index in [0.717, 1.165) is 0 Å². The normalized spacial score (nSPS) is 12.1. The zero-order valence-corrected chi connectivity index (χ0v) is 8.70. The van der Waals surface area contributed by atoms with Crippen LogP contribution in [0.15, 0.2) is 24.3 Å². The van der Waals surface area contributed by atoms with Crippen molar-refractivity contribution in [1.29, 1.82) is 0 Å². The zero-order valence-electron chi connectivity index (χ0n) is 7.94. The number of primary amides is 2. The van der Waals surface area contributed by atoms with Gasteiger partial charge in [0.2, 0.25) is 11.8 Å². The molecule has 2 amide bonds. The SMILES string of the molecule is NC(=O)C[C@H](C(N)=O)c1cccc(Cl)c1. The molecule has 15 heavy (non-hydrogen) atoms. The average molecular weight is 227 g/mol. The fourth-order valence-corrected chi connectivity index (χ4v) is 1.51. The molecule has 0 saturated heterocycles. The summed E-state index contributed by atoms with van der Waals surface area (Å²) in [5, 5.41) is 0.489. The Morgan fingerprint density at radius 1 is 1.33 bits per heavy atom. The van der Waals surface area contributed by atoms with E-state index in [2.05, 4.69) is 0 Å². The van der Waals surface area contributed by atoms with Crippen molar-refractivity contribution in [3.8, 4) is 0 Å². The van der Waals surface area contributed by atoms with Gasteiger partial charge in [0.1, 0.15) is 0 Å². The van der Waals surface area contributed by atoms with Crippen molar-refractivity contribution in [2.45, 2.75) is 12.3 Å². The Balaban J connectivity index is 2.98. The van der Waals surface area contributed by atoms with Crippen LogP contribution in [0.1, 0.15) is 17.9 Å². The van der Waals surface area contributed by atoms with Gasteiger partial charge in [0.25, 0.3) is 0 Å². The predicted molar refractivity (Wildman–Crippen MR) is 57.2 cm³/mol. The lowest BCUT2D eigenvalue weighted by molar-refractivity contribution is -0.124. The highest BCUT2D eigenvalue weighted by atomic mass is 35.5. The molecule has 0 unspecified atom stereocenters. The third-order valence-corrected chi connectivity index (χ3v) is 2.23. The number of carbonyl (C=O) groups excluding carboxylic acids is 2. The van der Waals surface area contributed by atoms with Crippen LogP contribution in [0.25, 0.3) is 0 Å². The zero-order chi connectivity index (χ0) is 11.4. The van der Waals surface area contributed by atoms with E-state index in [1.165, 1.54) is 0 Å². The Labute approximate surface area is 92.2 Å². The molecule has 0 aliphatic rings. The summed E-state index contributed by atoms with van der Waals surface area (Å²) in [6, 6.07) is 6.64. The van der Waals surface area contributed by atoms with Gasteiger partial charge in [-0.25, -0.2) is 0 Å². The summed E-state index contributed by atoms with van der Waals surface area (Å²) in [4.78, 5) is 21.9. The summed E-state index contributed by atoms with van der Waals surface area (Å²) >= 11 is 5.76. The van der Waals surface area contributed by atoms with Gasteiger partial charge in [-0.2, -0.15) is 0 Å². The molecule has 0 radical (unpaired) electrons. The molecular weight excluding hydrogens is 216 g/mol. The summed E-state index contributed by atoms with van der Waals surface area (Å²) in [5.74, 6) is -1.86. The molecule has 0 aliphatic carbocycles. The van der Waals surface area contributed by atoms with E-state index >= 15 is 0 Å².